The van der Waals surface area contributed by atoms with Gasteiger partial charge in [-0.05, 0) is 0 Å². The van der Waals surface area contributed by atoms with E-state index >= 15 is 0 Å². The summed E-state index contributed by atoms with van der Waals surface area (Å²) in [5.74, 6) is 0. The first kappa shape index (κ1) is 18.9. The van der Waals surface area contributed by atoms with E-state index in [2.05, 4.69) is 9.97 Å². The Kier molecular flexibility index (Phi) is 9.80. The fourth-order valence-corrected chi connectivity index (χ4v) is 2.11. The molecule has 0 unspecified atom stereocenters. The van der Waals surface area contributed by atoms with Gasteiger partial charge in [0.1, 0.15) is 0 Å². The minimum Gasteiger partial charge on any atom is -0.395 e. The van der Waals surface area contributed by atoms with Gasteiger partial charge in [0.25, 0.3) is 0 Å². The van der Waals surface area contributed by atoms with Crippen molar-refractivity contribution in [3.63, 3.8) is 0 Å². The average molecular weight is 314 g/mol. The highest BCUT2D eigenvalue weighted by atomic mass is 16.3. The summed E-state index contributed by atoms with van der Waals surface area (Å²) >= 11 is 0. The Morgan fingerprint density at radius 3 is 1.18 bits per heavy atom. The van der Waals surface area contributed by atoms with Crippen LogP contribution in [0.25, 0.3) is 0 Å². The monoisotopic (exact) mass is 314 g/mol. The number of aliphatic hydroxyl groups excluding tert-OH is 4. The molecule has 8 heteroatoms. The zero-order valence-corrected chi connectivity index (χ0v) is 12.8. The van der Waals surface area contributed by atoms with Gasteiger partial charge in [-0.25, -0.2) is 0 Å². The first-order chi connectivity index (χ1) is 10.7. The second kappa shape index (κ2) is 11.4. The molecule has 0 saturated heterocycles. The largest absolute Gasteiger partial charge is 0.395 e. The zero-order chi connectivity index (χ0) is 16.2. The summed E-state index contributed by atoms with van der Waals surface area (Å²) in [6, 6.07) is 0. The van der Waals surface area contributed by atoms with E-state index in [1.165, 1.54) is 0 Å². The Labute approximate surface area is 130 Å². The second-order valence-electron chi connectivity index (χ2n) is 4.95. The van der Waals surface area contributed by atoms with Crippen LogP contribution in [0.5, 0.6) is 0 Å². The Morgan fingerprint density at radius 2 is 0.955 bits per heavy atom. The summed E-state index contributed by atoms with van der Waals surface area (Å²) in [5.41, 5.74) is 1.53. The number of aromatic nitrogens is 2. The van der Waals surface area contributed by atoms with Crippen molar-refractivity contribution < 1.29 is 20.4 Å². The van der Waals surface area contributed by atoms with Gasteiger partial charge in [0.15, 0.2) is 0 Å². The molecule has 0 spiro atoms. The number of hydrogen-bond donors (Lipinski definition) is 4. The third kappa shape index (κ3) is 7.21. The fraction of sp³-hybridized carbons (Fsp3) is 0.714. The quantitative estimate of drug-likeness (QED) is 0.352. The lowest BCUT2D eigenvalue weighted by Gasteiger charge is -2.20. The van der Waals surface area contributed by atoms with E-state index in [0.29, 0.717) is 39.3 Å². The summed E-state index contributed by atoms with van der Waals surface area (Å²) in [6.07, 6.45) is 3.35. The molecule has 22 heavy (non-hydrogen) atoms. The van der Waals surface area contributed by atoms with Gasteiger partial charge in [-0.2, -0.15) is 0 Å². The standard InChI is InChI=1S/C14H26N4O4/c19-5-1-17(2-6-20)11-13-9-16-14(10-15-13)12-18(3-7-21)4-8-22/h9-10,19-22H,1-8,11-12H2. The molecule has 1 rings (SSSR count). The van der Waals surface area contributed by atoms with Crippen molar-refractivity contribution in [3.05, 3.63) is 23.8 Å². The summed E-state index contributed by atoms with van der Waals surface area (Å²) in [7, 11) is 0. The van der Waals surface area contributed by atoms with Crippen LogP contribution in [0.3, 0.4) is 0 Å². The number of hydrogen-bond acceptors (Lipinski definition) is 8. The van der Waals surface area contributed by atoms with E-state index in [4.69, 9.17) is 20.4 Å². The number of nitrogens with zero attached hydrogens (tertiary/aromatic N) is 4. The first-order valence-corrected chi connectivity index (χ1v) is 7.41. The molecule has 0 saturated carbocycles. The smallest absolute Gasteiger partial charge is 0.0727 e. The molecule has 1 aromatic heterocycles. The Hall–Kier alpha value is -1.16. The van der Waals surface area contributed by atoms with E-state index in [9.17, 15) is 0 Å². The first-order valence-electron chi connectivity index (χ1n) is 7.41. The van der Waals surface area contributed by atoms with E-state index in [1.807, 2.05) is 9.80 Å². The molecule has 1 heterocycles. The van der Waals surface area contributed by atoms with Gasteiger partial charge in [-0.3, -0.25) is 19.8 Å². The number of rotatable bonds is 12. The SMILES string of the molecule is OCCN(CCO)Cc1cnc(CN(CCO)CCO)cn1. The van der Waals surface area contributed by atoms with E-state index in [1.54, 1.807) is 12.4 Å². The molecule has 0 aliphatic carbocycles. The van der Waals surface area contributed by atoms with Crippen LogP contribution in [0.2, 0.25) is 0 Å². The van der Waals surface area contributed by atoms with E-state index in [-0.39, 0.29) is 26.4 Å². The normalized spacial score (nSPS) is 11.5. The molecule has 0 radical (unpaired) electrons. The third-order valence-corrected chi connectivity index (χ3v) is 3.19. The predicted octanol–water partition coefficient (Wildman–Crippen LogP) is -1.95. The maximum Gasteiger partial charge on any atom is 0.0727 e. The van der Waals surface area contributed by atoms with Crippen molar-refractivity contribution in [3.8, 4) is 0 Å². The second-order valence-corrected chi connectivity index (χ2v) is 4.95. The molecule has 126 valence electrons. The van der Waals surface area contributed by atoms with Crippen LogP contribution in [0.15, 0.2) is 12.4 Å². The highest BCUT2D eigenvalue weighted by Gasteiger charge is 2.09. The number of aliphatic hydroxyl groups is 4. The minimum atomic E-state index is 0.0305. The van der Waals surface area contributed by atoms with Crippen LogP contribution >= 0.6 is 0 Å². The summed E-state index contributed by atoms with van der Waals surface area (Å²) < 4.78 is 0. The molecule has 0 aliphatic rings. The lowest BCUT2D eigenvalue weighted by Crippen LogP contribution is -2.30. The predicted molar refractivity (Wildman–Crippen MR) is 80.9 cm³/mol. The van der Waals surface area contributed by atoms with Crippen molar-refractivity contribution in [2.75, 3.05) is 52.6 Å². The summed E-state index contributed by atoms with van der Waals surface area (Å²) in [4.78, 5) is 12.5. The van der Waals surface area contributed by atoms with Gasteiger partial charge in [-0.1, -0.05) is 0 Å². The Bertz CT molecular complexity index is 342. The van der Waals surface area contributed by atoms with Crippen molar-refractivity contribution in [1.29, 1.82) is 0 Å². The molecule has 0 bridgehead atoms. The molecule has 0 aromatic carbocycles. The van der Waals surface area contributed by atoms with Crippen molar-refractivity contribution in [1.82, 2.24) is 19.8 Å². The molecule has 8 nitrogen and oxygen atoms in total. The van der Waals surface area contributed by atoms with Gasteiger partial charge >= 0.3 is 0 Å². The highest BCUT2D eigenvalue weighted by Crippen LogP contribution is 2.04. The maximum atomic E-state index is 8.98. The molecular weight excluding hydrogens is 288 g/mol. The van der Waals surface area contributed by atoms with Gasteiger partial charge in [-0.15, -0.1) is 0 Å². The molecule has 0 fully saturated rings. The average Bonchev–Trinajstić information content (AvgIpc) is 2.50. The van der Waals surface area contributed by atoms with Crippen LogP contribution in [0, 0.1) is 0 Å². The Morgan fingerprint density at radius 1 is 0.636 bits per heavy atom. The topological polar surface area (TPSA) is 113 Å². The van der Waals surface area contributed by atoms with Crippen molar-refractivity contribution in [2.45, 2.75) is 13.1 Å². The maximum absolute atomic E-state index is 8.98. The molecular formula is C14H26N4O4. The van der Waals surface area contributed by atoms with E-state index < -0.39 is 0 Å². The van der Waals surface area contributed by atoms with Gasteiger partial charge in [0.2, 0.25) is 0 Å². The zero-order valence-electron chi connectivity index (χ0n) is 12.8. The summed E-state index contributed by atoms with van der Waals surface area (Å²) in [6.45, 7) is 3.07. The minimum absolute atomic E-state index is 0.0305. The van der Waals surface area contributed by atoms with Crippen LogP contribution in [0.1, 0.15) is 11.4 Å². The molecule has 0 aliphatic heterocycles. The molecule has 0 amide bonds. The van der Waals surface area contributed by atoms with Crippen LogP contribution in [0.4, 0.5) is 0 Å². The highest BCUT2D eigenvalue weighted by molar-refractivity contribution is 5.02. The van der Waals surface area contributed by atoms with Crippen molar-refractivity contribution in [2.24, 2.45) is 0 Å². The van der Waals surface area contributed by atoms with Gasteiger partial charge in [0.05, 0.1) is 50.2 Å². The van der Waals surface area contributed by atoms with Gasteiger partial charge < -0.3 is 20.4 Å². The van der Waals surface area contributed by atoms with E-state index in [0.717, 1.165) is 11.4 Å². The molecule has 4 N–H and O–H groups in total. The van der Waals surface area contributed by atoms with Crippen LogP contribution in [-0.2, 0) is 13.1 Å². The fourth-order valence-electron chi connectivity index (χ4n) is 2.11. The van der Waals surface area contributed by atoms with Crippen molar-refractivity contribution >= 4 is 0 Å². The molecule has 1 aromatic rings. The lowest BCUT2D eigenvalue weighted by molar-refractivity contribution is 0.152. The van der Waals surface area contributed by atoms with Crippen LogP contribution < -0.4 is 0 Å². The third-order valence-electron chi connectivity index (χ3n) is 3.19. The van der Waals surface area contributed by atoms with Gasteiger partial charge in [0, 0.05) is 39.3 Å². The lowest BCUT2D eigenvalue weighted by atomic mass is 10.3. The molecule has 0 atom stereocenters. The van der Waals surface area contributed by atoms with Crippen LogP contribution in [-0.4, -0.2) is 92.8 Å². The summed E-state index contributed by atoms with van der Waals surface area (Å²) in [5, 5.41) is 35.9. The Balaban J connectivity index is 2.57.